The molecule has 12 heteroatoms. The molecule has 0 atom stereocenters. The van der Waals surface area contributed by atoms with Crippen molar-refractivity contribution in [1.82, 2.24) is 5.43 Å². The molecule has 0 heterocycles. The third kappa shape index (κ3) is 7.46. The second kappa shape index (κ2) is 12.1. The Morgan fingerprint density at radius 3 is 2.38 bits per heavy atom. The van der Waals surface area contributed by atoms with Crippen molar-refractivity contribution in [3.8, 4) is 5.75 Å². The van der Waals surface area contributed by atoms with Gasteiger partial charge in [0, 0.05) is 0 Å². The first-order valence-corrected chi connectivity index (χ1v) is 12.8. The van der Waals surface area contributed by atoms with Crippen molar-refractivity contribution in [2.75, 3.05) is 17.5 Å². The molecule has 3 aromatic rings. The van der Waals surface area contributed by atoms with Crippen LogP contribution in [0.5, 0.6) is 5.75 Å². The van der Waals surface area contributed by atoms with Gasteiger partial charge in [0.25, 0.3) is 15.9 Å². The Labute approximate surface area is 217 Å². The lowest BCUT2D eigenvalue weighted by Gasteiger charge is -2.25. The van der Waals surface area contributed by atoms with Crippen LogP contribution in [0.4, 0.5) is 18.9 Å². The predicted octanol–water partition coefficient (Wildman–Crippen LogP) is 5.49. The van der Waals surface area contributed by atoms with Crippen LogP contribution in [-0.2, 0) is 21.0 Å². The molecular formula is C25H23ClF3N3O4S. The molecule has 0 aliphatic heterocycles. The highest BCUT2D eigenvalue weighted by Gasteiger charge is 2.34. The number of alkyl halides is 3. The van der Waals surface area contributed by atoms with E-state index in [1.165, 1.54) is 30.5 Å². The van der Waals surface area contributed by atoms with Crippen molar-refractivity contribution >= 4 is 39.4 Å². The monoisotopic (exact) mass is 553 g/mol. The number of ether oxygens (including phenoxy) is 1. The van der Waals surface area contributed by atoms with Gasteiger partial charge in [-0.2, -0.15) is 18.3 Å². The number of carbonyl (C=O) groups is 1. The van der Waals surface area contributed by atoms with E-state index < -0.39 is 39.9 Å². The molecule has 0 saturated carbocycles. The third-order valence-corrected chi connectivity index (χ3v) is 7.01. The highest BCUT2D eigenvalue weighted by Crippen LogP contribution is 2.37. The van der Waals surface area contributed by atoms with Gasteiger partial charge in [-0.3, -0.25) is 9.10 Å². The summed E-state index contributed by atoms with van der Waals surface area (Å²) < 4.78 is 72.7. The molecule has 0 unspecified atom stereocenters. The molecule has 0 radical (unpaired) electrons. The minimum absolute atomic E-state index is 0.231. The highest BCUT2D eigenvalue weighted by molar-refractivity contribution is 7.92. The summed E-state index contributed by atoms with van der Waals surface area (Å²) in [5.74, 6) is -0.227. The van der Waals surface area contributed by atoms with E-state index in [-0.39, 0.29) is 9.92 Å². The van der Waals surface area contributed by atoms with E-state index >= 15 is 0 Å². The van der Waals surface area contributed by atoms with Gasteiger partial charge >= 0.3 is 6.18 Å². The number of nitrogens with one attached hydrogen (secondary N) is 1. The Kier molecular flexibility index (Phi) is 9.17. The van der Waals surface area contributed by atoms with Gasteiger partial charge in [-0.1, -0.05) is 36.7 Å². The van der Waals surface area contributed by atoms with Crippen molar-refractivity contribution in [2.45, 2.75) is 24.4 Å². The van der Waals surface area contributed by atoms with Crippen LogP contribution < -0.4 is 14.5 Å². The maximum atomic E-state index is 13.3. The standard InChI is InChI=1S/C25H23ClF3N3O4S/c1-2-14-36-20-11-8-18(9-12-20)16-30-31-24(33)17-32(37(34,35)21-6-4-3-5-7-21)23-15-19(25(27,28)29)10-13-22(23)26/h3-13,15-16H,2,14,17H2,1H3,(H,31,33)/b30-16+. The first-order valence-electron chi connectivity index (χ1n) is 11.0. The van der Waals surface area contributed by atoms with Crippen LogP contribution >= 0.6 is 11.6 Å². The number of nitrogens with zero attached hydrogens (tertiary/aromatic N) is 2. The summed E-state index contributed by atoms with van der Waals surface area (Å²) in [6, 6.07) is 16.1. The summed E-state index contributed by atoms with van der Waals surface area (Å²) in [5, 5.41) is 3.53. The molecule has 0 saturated heterocycles. The van der Waals surface area contributed by atoms with Crippen molar-refractivity contribution in [3.05, 3.63) is 88.9 Å². The van der Waals surface area contributed by atoms with E-state index in [9.17, 15) is 26.4 Å². The second-order valence-electron chi connectivity index (χ2n) is 7.70. The van der Waals surface area contributed by atoms with Crippen LogP contribution in [0.25, 0.3) is 0 Å². The number of sulfonamides is 1. The quantitative estimate of drug-likeness (QED) is 0.265. The Hall–Kier alpha value is -3.57. The lowest BCUT2D eigenvalue weighted by molar-refractivity contribution is -0.137. The van der Waals surface area contributed by atoms with Gasteiger partial charge in [-0.05, 0) is 66.6 Å². The van der Waals surface area contributed by atoms with E-state index in [4.69, 9.17) is 16.3 Å². The average molecular weight is 554 g/mol. The number of hydrogen-bond donors (Lipinski definition) is 1. The topological polar surface area (TPSA) is 88.1 Å². The molecule has 37 heavy (non-hydrogen) atoms. The molecule has 196 valence electrons. The van der Waals surface area contributed by atoms with Crippen LogP contribution in [0.2, 0.25) is 5.02 Å². The highest BCUT2D eigenvalue weighted by atomic mass is 35.5. The van der Waals surface area contributed by atoms with E-state index in [0.29, 0.717) is 28.3 Å². The van der Waals surface area contributed by atoms with Crippen LogP contribution in [0.3, 0.4) is 0 Å². The smallest absolute Gasteiger partial charge is 0.416 e. The molecule has 3 aromatic carbocycles. The molecule has 0 bridgehead atoms. The Morgan fingerprint density at radius 1 is 1.08 bits per heavy atom. The van der Waals surface area contributed by atoms with Gasteiger partial charge in [0.2, 0.25) is 0 Å². The van der Waals surface area contributed by atoms with Crippen molar-refractivity contribution in [1.29, 1.82) is 0 Å². The molecule has 1 N–H and O–H groups in total. The van der Waals surface area contributed by atoms with Crippen LogP contribution in [-0.4, -0.2) is 33.7 Å². The number of amides is 1. The fraction of sp³-hybridized carbons (Fsp3) is 0.200. The number of hydrazone groups is 1. The Morgan fingerprint density at radius 2 is 1.76 bits per heavy atom. The minimum Gasteiger partial charge on any atom is -0.494 e. The van der Waals surface area contributed by atoms with Gasteiger partial charge in [0.15, 0.2) is 0 Å². The molecule has 0 aliphatic rings. The molecule has 3 rings (SSSR count). The van der Waals surface area contributed by atoms with E-state index in [2.05, 4.69) is 10.5 Å². The van der Waals surface area contributed by atoms with Crippen LogP contribution in [0.1, 0.15) is 24.5 Å². The van der Waals surface area contributed by atoms with Gasteiger partial charge in [-0.15, -0.1) is 0 Å². The van der Waals surface area contributed by atoms with Crippen LogP contribution in [0, 0.1) is 0 Å². The van der Waals surface area contributed by atoms with Crippen LogP contribution in [0.15, 0.2) is 82.8 Å². The summed E-state index contributed by atoms with van der Waals surface area (Å²) in [6.07, 6.45) is -2.57. The first kappa shape index (κ1) is 28.0. The van der Waals surface area contributed by atoms with Gasteiger partial charge in [0.1, 0.15) is 12.3 Å². The molecule has 0 aromatic heterocycles. The summed E-state index contributed by atoms with van der Waals surface area (Å²) in [5.41, 5.74) is 1.20. The third-order valence-electron chi connectivity index (χ3n) is 4.92. The molecule has 1 amide bonds. The SMILES string of the molecule is CCCOc1ccc(/C=N/NC(=O)CN(c2cc(C(F)(F)F)ccc2Cl)S(=O)(=O)c2ccccc2)cc1. The zero-order chi connectivity index (χ0) is 27.1. The van der Waals surface area contributed by atoms with Gasteiger partial charge in [-0.25, -0.2) is 13.8 Å². The second-order valence-corrected chi connectivity index (χ2v) is 9.97. The van der Waals surface area contributed by atoms with Gasteiger partial charge in [0.05, 0.1) is 34.0 Å². The maximum Gasteiger partial charge on any atom is 0.416 e. The van der Waals surface area contributed by atoms with E-state index in [1.54, 1.807) is 30.3 Å². The number of anilines is 1. The number of rotatable bonds is 10. The maximum absolute atomic E-state index is 13.3. The molecule has 0 fully saturated rings. The lowest BCUT2D eigenvalue weighted by atomic mass is 10.2. The van der Waals surface area contributed by atoms with Gasteiger partial charge < -0.3 is 4.74 Å². The van der Waals surface area contributed by atoms with Crippen molar-refractivity contribution in [2.24, 2.45) is 5.10 Å². The summed E-state index contributed by atoms with van der Waals surface area (Å²) >= 11 is 6.10. The van der Waals surface area contributed by atoms with Crippen molar-refractivity contribution < 1.29 is 31.1 Å². The number of carbonyl (C=O) groups excluding carboxylic acids is 1. The first-order chi connectivity index (χ1) is 17.5. The average Bonchev–Trinajstić information content (AvgIpc) is 2.87. The Bertz CT molecular complexity index is 1350. The normalized spacial score (nSPS) is 11.9. The fourth-order valence-electron chi connectivity index (χ4n) is 3.11. The Balaban J connectivity index is 1.85. The summed E-state index contributed by atoms with van der Waals surface area (Å²) in [4.78, 5) is 12.4. The number of hydrogen-bond acceptors (Lipinski definition) is 5. The minimum atomic E-state index is -4.76. The lowest BCUT2D eigenvalue weighted by Crippen LogP contribution is -2.40. The van der Waals surface area contributed by atoms with E-state index in [1.807, 2.05) is 6.92 Å². The zero-order valence-electron chi connectivity index (χ0n) is 19.6. The summed E-state index contributed by atoms with van der Waals surface area (Å²) in [7, 11) is -4.47. The zero-order valence-corrected chi connectivity index (χ0v) is 21.1. The fourth-order valence-corrected chi connectivity index (χ4v) is 4.84. The predicted molar refractivity (Wildman–Crippen MR) is 135 cm³/mol. The summed E-state index contributed by atoms with van der Waals surface area (Å²) in [6.45, 7) is 1.68. The van der Waals surface area contributed by atoms with Crippen molar-refractivity contribution in [3.63, 3.8) is 0 Å². The molecule has 0 aliphatic carbocycles. The number of benzene rings is 3. The molecule has 7 nitrogen and oxygen atoms in total. The molecule has 0 spiro atoms. The number of halogens is 4. The molecular weight excluding hydrogens is 531 g/mol. The largest absolute Gasteiger partial charge is 0.494 e. The van der Waals surface area contributed by atoms with E-state index in [0.717, 1.165) is 18.6 Å².